The molecule has 0 bridgehead atoms. The zero-order valence-electron chi connectivity index (χ0n) is 27.9. The minimum atomic E-state index is -1.07. The maximum absolute atomic E-state index is 14.0. The minimum Gasteiger partial charge on any atom is -0.488 e. The summed E-state index contributed by atoms with van der Waals surface area (Å²) in [5, 5.41) is 2.98. The molecule has 0 radical (unpaired) electrons. The van der Waals surface area contributed by atoms with Gasteiger partial charge in [0, 0.05) is 29.3 Å². The first-order chi connectivity index (χ1) is 24.1. The summed E-state index contributed by atoms with van der Waals surface area (Å²) in [6, 6.07) is 20.4. The number of Topliss-reactive ketones (excluding diaryl/α,β-unsaturated/α-hetero) is 1. The Balaban J connectivity index is 1.40. The number of ether oxygens (including phenoxy) is 2. The number of halogens is 4. The highest BCUT2D eigenvalue weighted by Crippen LogP contribution is 2.32. The number of hydrogen-bond donors (Lipinski definition) is 1. The summed E-state index contributed by atoms with van der Waals surface area (Å²) in [4.78, 5) is 29.5. The smallest absolute Gasteiger partial charge is 0.251 e. The van der Waals surface area contributed by atoms with Gasteiger partial charge in [0.15, 0.2) is 40.6 Å². The van der Waals surface area contributed by atoms with Gasteiger partial charge in [-0.25, -0.2) is 17.6 Å². The molecule has 10 heteroatoms. The summed E-state index contributed by atoms with van der Waals surface area (Å²) >= 11 is 0. The molecule has 0 saturated heterocycles. The summed E-state index contributed by atoms with van der Waals surface area (Å²) in [5.41, 5.74) is 2.18. The minimum absolute atomic E-state index is 0.0859. The Morgan fingerprint density at radius 2 is 1.36 bits per heavy atom. The van der Waals surface area contributed by atoms with Crippen LogP contribution in [0.15, 0.2) is 96.1 Å². The normalized spacial score (nSPS) is 16.2. The van der Waals surface area contributed by atoms with Crippen molar-refractivity contribution in [1.82, 2.24) is 10.2 Å². The zero-order valence-corrected chi connectivity index (χ0v) is 27.9. The van der Waals surface area contributed by atoms with E-state index in [1.165, 1.54) is 24.3 Å². The van der Waals surface area contributed by atoms with Crippen LogP contribution in [0, 0.1) is 23.3 Å². The number of carbonyl (C=O) groups excluding carboxylic acids is 2. The van der Waals surface area contributed by atoms with Gasteiger partial charge < -0.3 is 19.7 Å². The molecule has 0 aromatic heterocycles. The molecule has 1 aliphatic carbocycles. The molecule has 260 valence electrons. The third-order valence-corrected chi connectivity index (χ3v) is 8.42. The van der Waals surface area contributed by atoms with Crippen LogP contribution < -0.4 is 14.8 Å². The molecule has 5 rings (SSSR count). The molecular formula is C40H38F4N2O4. The fraction of sp³-hybridized carbons (Fsp3) is 0.250. The predicted molar refractivity (Wildman–Crippen MR) is 185 cm³/mol. The van der Waals surface area contributed by atoms with Gasteiger partial charge in [-0.3, -0.25) is 9.59 Å². The Hall–Kier alpha value is -5.22. The number of carbonyl (C=O) groups is 2. The van der Waals surface area contributed by atoms with E-state index < -0.39 is 41.0 Å². The van der Waals surface area contributed by atoms with E-state index in [9.17, 15) is 27.2 Å². The number of likely N-dealkylation sites (N-methyl/N-ethyl adjacent to an activating group) is 1. The van der Waals surface area contributed by atoms with Gasteiger partial charge in [0.05, 0.1) is 0 Å². The van der Waals surface area contributed by atoms with E-state index in [-0.39, 0.29) is 41.7 Å². The van der Waals surface area contributed by atoms with E-state index in [0.717, 1.165) is 42.9 Å². The molecule has 0 unspecified atom stereocenters. The lowest BCUT2D eigenvalue weighted by molar-refractivity contribution is -0.113. The molecule has 1 aliphatic rings. The number of hydrogen-bond acceptors (Lipinski definition) is 5. The van der Waals surface area contributed by atoms with E-state index in [1.54, 1.807) is 18.2 Å². The quantitative estimate of drug-likeness (QED) is 0.114. The van der Waals surface area contributed by atoms with Gasteiger partial charge in [-0.2, -0.15) is 0 Å². The van der Waals surface area contributed by atoms with Gasteiger partial charge >= 0.3 is 0 Å². The first-order valence-electron chi connectivity index (χ1n) is 16.5. The first-order valence-corrected chi connectivity index (χ1v) is 16.5. The molecule has 4 aromatic rings. The number of nitrogens with one attached hydrogen (secondary N) is 1. The van der Waals surface area contributed by atoms with E-state index in [1.807, 2.05) is 30.3 Å². The van der Waals surface area contributed by atoms with Gasteiger partial charge in [0.1, 0.15) is 13.2 Å². The SMILES string of the molecule is CCN(CC)CCOc1ccc(C(=O)NC2C/C(=C\c3ccc(F)c(F)c3)C(=O)/C(=C/c3ccc(F)c(F)c3)C2)cc1OCc1ccccc1. The number of amides is 1. The molecule has 0 spiro atoms. The Kier molecular flexibility index (Phi) is 12.2. The van der Waals surface area contributed by atoms with Crippen molar-refractivity contribution in [3.05, 3.63) is 142 Å². The van der Waals surface area contributed by atoms with Gasteiger partial charge in [-0.15, -0.1) is 0 Å². The Morgan fingerprint density at radius 1 is 0.760 bits per heavy atom. The van der Waals surface area contributed by atoms with Crippen molar-refractivity contribution in [2.24, 2.45) is 0 Å². The maximum Gasteiger partial charge on any atom is 0.251 e. The average molecular weight is 687 g/mol. The molecule has 50 heavy (non-hydrogen) atoms. The average Bonchev–Trinajstić information content (AvgIpc) is 3.11. The van der Waals surface area contributed by atoms with Crippen LogP contribution in [0.3, 0.4) is 0 Å². The first kappa shape index (κ1) is 36.1. The monoisotopic (exact) mass is 686 g/mol. The lowest BCUT2D eigenvalue weighted by atomic mass is 9.83. The number of nitrogens with zero attached hydrogens (tertiary/aromatic N) is 1. The van der Waals surface area contributed by atoms with Crippen molar-refractivity contribution < 1.29 is 36.6 Å². The highest BCUT2D eigenvalue weighted by Gasteiger charge is 2.29. The number of benzene rings is 4. The van der Waals surface area contributed by atoms with Crippen LogP contribution in [0.25, 0.3) is 12.2 Å². The lowest BCUT2D eigenvalue weighted by Crippen LogP contribution is -2.39. The molecule has 1 N–H and O–H groups in total. The van der Waals surface area contributed by atoms with Gasteiger partial charge in [-0.1, -0.05) is 56.3 Å². The van der Waals surface area contributed by atoms with E-state index in [0.29, 0.717) is 30.2 Å². The fourth-order valence-electron chi connectivity index (χ4n) is 5.66. The number of rotatable bonds is 13. The maximum atomic E-state index is 14.0. The van der Waals surface area contributed by atoms with Crippen molar-refractivity contribution in [2.75, 3.05) is 26.2 Å². The topological polar surface area (TPSA) is 67.9 Å². The van der Waals surface area contributed by atoms with Gasteiger partial charge in [0.25, 0.3) is 5.91 Å². The predicted octanol–water partition coefficient (Wildman–Crippen LogP) is 8.17. The molecule has 0 heterocycles. The summed E-state index contributed by atoms with van der Waals surface area (Å²) in [6.45, 7) is 7.32. The Bertz CT molecular complexity index is 1820. The highest BCUT2D eigenvalue weighted by molar-refractivity contribution is 6.14. The van der Waals surface area contributed by atoms with Crippen LogP contribution >= 0.6 is 0 Å². The standard InChI is InChI=1S/C40H38F4N2O4/c1-3-46(4-2)16-17-49-37-15-12-29(24-38(37)50-25-26-8-6-5-7-9-26)40(48)45-32-22-30(18-27-10-13-33(41)35(43)20-27)39(47)31(23-32)19-28-11-14-34(42)36(44)21-28/h5-15,18-21,24,32H,3-4,16-17,22-23,25H2,1-2H3,(H,45,48)/b30-18+,31-19+. The highest BCUT2D eigenvalue weighted by atomic mass is 19.2. The van der Waals surface area contributed by atoms with Crippen LogP contribution in [0.2, 0.25) is 0 Å². The van der Waals surface area contributed by atoms with Crippen molar-refractivity contribution in [3.63, 3.8) is 0 Å². The fourth-order valence-corrected chi connectivity index (χ4v) is 5.66. The molecule has 1 fully saturated rings. The van der Waals surface area contributed by atoms with Crippen molar-refractivity contribution in [1.29, 1.82) is 0 Å². The molecule has 0 aliphatic heterocycles. The van der Waals surface area contributed by atoms with Crippen LogP contribution in [0.5, 0.6) is 11.5 Å². The summed E-state index contributed by atoms with van der Waals surface area (Å²) in [5.74, 6) is -4.18. The summed E-state index contributed by atoms with van der Waals surface area (Å²) in [6.07, 6.45) is 3.04. The van der Waals surface area contributed by atoms with E-state index >= 15 is 0 Å². The van der Waals surface area contributed by atoms with E-state index in [4.69, 9.17) is 9.47 Å². The van der Waals surface area contributed by atoms with Gasteiger partial charge in [-0.05, 0) is 97.2 Å². The van der Waals surface area contributed by atoms with Crippen LogP contribution in [-0.4, -0.2) is 48.9 Å². The largest absolute Gasteiger partial charge is 0.488 e. The molecule has 0 atom stereocenters. The summed E-state index contributed by atoms with van der Waals surface area (Å²) < 4.78 is 67.4. The molecular weight excluding hydrogens is 648 g/mol. The van der Waals surface area contributed by atoms with Crippen LogP contribution in [-0.2, 0) is 11.4 Å². The molecule has 1 amide bonds. The molecule has 1 saturated carbocycles. The third-order valence-electron chi connectivity index (χ3n) is 8.42. The third kappa shape index (κ3) is 9.47. The van der Waals surface area contributed by atoms with Gasteiger partial charge in [0.2, 0.25) is 0 Å². The molecule has 6 nitrogen and oxygen atoms in total. The van der Waals surface area contributed by atoms with Crippen molar-refractivity contribution >= 4 is 23.8 Å². The van der Waals surface area contributed by atoms with Crippen molar-refractivity contribution in [2.45, 2.75) is 39.3 Å². The second-order valence-corrected chi connectivity index (χ2v) is 11.9. The van der Waals surface area contributed by atoms with Crippen molar-refractivity contribution in [3.8, 4) is 11.5 Å². The second kappa shape index (κ2) is 16.9. The van der Waals surface area contributed by atoms with E-state index in [2.05, 4.69) is 24.1 Å². The second-order valence-electron chi connectivity index (χ2n) is 11.9. The number of ketones is 1. The summed E-state index contributed by atoms with van der Waals surface area (Å²) in [7, 11) is 0. The zero-order chi connectivity index (χ0) is 35.6. The Labute approximate surface area is 289 Å². The van der Waals surface area contributed by atoms with Crippen LogP contribution in [0.4, 0.5) is 17.6 Å². The van der Waals surface area contributed by atoms with Crippen LogP contribution in [0.1, 0.15) is 53.7 Å². The Morgan fingerprint density at radius 3 is 1.92 bits per heavy atom. The lowest BCUT2D eigenvalue weighted by Gasteiger charge is -2.27. The molecule has 4 aromatic carbocycles.